The van der Waals surface area contributed by atoms with E-state index in [2.05, 4.69) is 5.32 Å². The van der Waals surface area contributed by atoms with Gasteiger partial charge in [0.2, 0.25) is 5.91 Å². The van der Waals surface area contributed by atoms with Crippen molar-refractivity contribution in [3.8, 4) is 0 Å². The van der Waals surface area contributed by atoms with Crippen molar-refractivity contribution in [1.82, 2.24) is 0 Å². The first kappa shape index (κ1) is 23.1. The first-order valence-corrected chi connectivity index (χ1v) is 11.7. The normalized spacial score (nSPS) is 11.3. The Bertz CT molecular complexity index is 1230. The van der Waals surface area contributed by atoms with Crippen molar-refractivity contribution >= 4 is 50.5 Å². The topological polar surface area (TPSA) is 66.5 Å². The molecule has 3 aromatic rings. The number of nitrogens with one attached hydrogen (secondary N) is 1. The standard InChI is InChI=1S/C23H22Cl2N2O3S/c1-15-5-9-19(10-6-15)31(29,30)27(22-12-16(2)4-7-17(22)3)14-23(28)26-18-8-11-20(24)21(25)13-18/h4-13H,14H2,1-3H3,(H,26,28). The molecule has 0 unspecified atom stereocenters. The maximum atomic E-state index is 13.5. The summed E-state index contributed by atoms with van der Waals surface area (Å²) >= 11 is 11.9. The van der Waals surface area contributed by atoms with E-state index in [1.807, 2.05) is 32.9 Å². The lowest BCUT2D eigenvalue weighted by Gasteiger charge is -2.26. The minimum Gasteiger partial charge on any atom is -0.324 e. The van der Waals surface area contributed by atoms with Gasteiger partial charge in [0.15, 0.2) is 0 Å². The highest BCUT2D eigenvalue weighted by molar-refractivity contribution is 7.92. The minimum atomic E-state index is -3.99. The SMILES string of the molecule is Cc1ccc(S(=O)(=O)N(CC(=O)Nc2ccc(Cl)c(Cl)c2)c2cc(C)ccc2C)cc1. The number of sulfonamides is 1. The second-order valence-electron chi connectivity index (χ2n) is 7.29. The van der Waals surface area contributed by atoms with Crippen LogP contribution in [0.1, 0.15) is 16.7 Å². The second kappa shape index (κ2) is 9.30. The number of rotatable bonds is 6. The number of carbonyl (C=O) groups is 1. The van der Waals surface area contributed by atoms with Gasteiger partial charge in [-0.1, -0.05) is 53.0 Å². The number of carbonyl (C=O) groups excluding carboxylic acids is 1. The summed E-state index contributed by atoms with van der Waals surface area (Å²) in [7, 11) is -3.99. The molecule has 1 N–H and O–H groups in total. The molecule has 3 rings (SSSR count). The van der Waals surface area contributed by atoms with Crippen LogP contribution in [0.2, 0.25) is 10.0 Å². The molecule has 162 valence electrons. The van der Waals surface area contributed by atoms with Crippen LogP contribution in [0.25, 0.3) is 0 Å². The minimum absolute atomic E-state index is 0.112. The zero-order valence-electron chi connectivity index (χ0n) is 17.3. The van der Waals surface area contributed by atoms with Gasteiger partial charge in [-0.15, -0.1) is 0 Å². The maximum Gasteiger partial charge on any atom is 0.264 e. The van der Waals surface area contributed by atoms with Crippen LogP contribution in [-0.2, 0) is 14.8 Å². The Morgan fingerprint density at radius 2 is 1.52 bits per heavy atom. The van der Waals surface area contributed by atoms with Gasteiger partial charge in [0, 0.05) is 5.69 Å². The molecule has 0 saturated heterocycles. The summed E-state index contributed by atoms with van der Waals surface area (Å²) in [5.74, 6) is -0.505. The highest BCUT2D eigenvalue weighted by atomic mass is 35.5. The molecule has 0 aliphatic heterocycles. The molecule has 0 heterocycles. The van der Waals surface area contributed by atoms with Crippen LogP contribution in [0.15, 0.2) is 65.6 Å². The van der Waals surface area contributed by atoms with Crippen molar-refractivity contribution in [3.63, 3.8) is 0 Å². The van der Waals surface area contributed by atoms with Crippen LogP contribution in [0.4, 0.5) is 11.4 Å². The monoisotopic (exact) mass is 476 g/mol. The predicted octanol–water partition coefficient (Wildman–Crippen LogP) is 5.75. The molecular weight excluding hydrogens is 455 g/mol. The van der Waals surface area contributed by atoms with Crippen molar-refractivity contribution < 1.29 is 13.2 Å². The summed E-state index contributed by atoms with van der Waals surface area (Å²) in [5, 5.41) is 3.34. The van der Waals surface area contributed by atoms with Crippen LogP contribution >= 0.6 is 23.2 Å². The van der Waals surface area contributed by atoms with E-state index in [1.54, 1.807) is 42.5 Å². The molecule has 0 atom stereocenters. The van der Waals surface area contributed by atoms with E-state index in [9.17, 15) is 13.2 Å². The van der Waals surface area contributed by atoms with Crippen molar-refractivity contribution in [2.24, 2.45) is 0 Å². The number of anilines is 2. The van der Waals surface area contributed by atoms with Gasteiger partial charge in [-0.3, -0.25) is 9.10 Å². The molecular formula is C23H22Cl2N2O3S. The highest BCUT2D eigenvalue weighted by Gasteiger charge is 2.28. The smallest absolute Gasteiger partial charge is 0.264 e. The molecule has 1 amide bonds. The Hall–Kier alpha value is -2.54. The van der Waals surface area contributed by atoms with Crippen molar-refractivity contribution in [3.05, 3.63) is 87.4 Å². The molecule has 0 fully saturated rings. The number of hydrogen-bond acceptors (Lipinski definition) is 3. The second-order valence-corrected chi connectivity index (χ2v) is 9.97. The Kier molecular flexibility index (Phi) is 6.94. The number of amides is 1. The Balaban J connectivity index is 1.99. The van der Waals surface area contributed by atoms with Crippen LogP contribution in [0, 0.1) is 20.8 Å². The van der Waals surface area contributed by atoms with Crippen LogP contribution in [0.5, 0.6) is 0 Å². The lowest BCUT2D eigenvalue weighted by atomic mass is 10.1. The van der Waals surface area contributed by atoms with E-state index in [0.717, 1.165) is 21.0 Å². The van der Waals surface area contributed by atoms with Gasteiger partial charge in [-0.2, -0.15) is 0 Å². The van der Waals surface area contributed by atoms with Crippen molar-refractivity contribution in [1.29, 1.82) is 0 Å². The third-order valence-corrected chi connectivity index (χ3v) is 7.25. The van der Waals surface area contributed by atoms with E-state index in [0.29, 0.717) is 16.4 Å². The third-order valence-electron chi connectivity index (χ3n) is 4.73. The van der Waals surface area contributed by atoms with Gasteiger partial charge >= 0.3 is 0 Å². The summed E-state index contributed by atoms with van der Waals surface area (Å²) < 4.78 is 28.1. The number of halogens is 2. The zero-order valence-corrected chi connectivity index (χ0v) is 19.6. The van der Waals surface area contributed by atoms with Crippen molar-refractivity contribution in [2.75, 3.05) is 16.2 Å². The molecule has 31 heavy (non-hydrogen) atoms. The van der Waals surface area contributed by atoms with Gasteiger partial charge in [-0.25, -0.2) is 8.42 Å². The quantitative estimate of drug-likeness (QED) is 0.492. The summed E-state index contributed by atoms with van der Waals surface area (Å²) in [6.07, 6.45) is 0. The summed E-state index contributed by atoms with van der Waals surface area (Å²) in [6.45, 7) is 5.16. The first-order valence-electron chi connectivity index (χ1n) is 9.49. The third kappa shape index (κ3) is 5.39. The van der Waals surface area contributed by atoms with Crippen LogP contribution in [-0.4, -0.2) is 20.9 Å². The number of hydrogen-bond donors (Lipinski definition) is 1. The number of aryl methyl sites for hydroxylation is 3. The van der Waals surface area contributed by atoms with Crippen molar-refractivity contribution in [2.45, 2.75) is 25.7 Å². The van der Waals surface area contributed by atoms with E-state index in [-0.39, 0.29) is 9.92 Å². The summed E-state index contributed by atoms with van der Waals surface area (Å²) in [4.78, 5) is 12.9. The molecule has 0 aromatic heterocycles. The lowest BCUT2D eigenvalue weighted by Crippen LogP contribution is -2.38. The van der Waals surface area contributed by atoms with Gasteiger partial charge in [0.05, 0.1) is 20.6 Å². The largest absolute Gasteiger partial charge is 0.324 e. The van der Waals surface area contributed by atoms with E-state index in [4.69, 9.17) is 23.2 Å². The van der Waals surface area contributed by atoms with Gasteiger partial charge < -0.3 is 5.32 Å². The molecule has 0 bridgehead atoms. The van der Waals surface area contributed by atoms with E-state index in [1.165, 1.54) is 6.07 Å². The van der Waals surface area contributed by atoms with Crippen LogP contribution < -0.4 is 9.62 Å². The molecule has 0 saturated carbocycles. The lowest BCUT2D eigenvalue weighted by molar-refractivity contribution is -0.114. The fraction of sp³-hybridized carbons (Fsp3) is 0.174. The Morgan fingerprint density at radius 3 is 2.16 bits per heavy atom. The van der Waals surface area contributed by atoms with E-state index >= 15 is 0 Å². The Morgan fingerprint density at radius 1 is 0.871 bits per heavy atom. The number of nitrogens with zero attached hydrogens (tertiary/aromatic N) is 1. The molecule has 0 spiro atoms. The fourth-order valence-electron chi connectivity index (χ4n) is 3.03. The van der Waals surface area contributed by atoms with E-state index < -0.39 is 22.5 Å². The number of benzene rings is 3. The average molecular weight is 477 g/mol. The van der Waals surface area contributed by atoms with Gasteiger partial charge in [0.1, 0.15) is 6.54 Å². The molecule has 0 radical (unpaired) electrons. The predicted molar refractivity (Wildman–Crippen MR) is 127 cm³/mol. The van der Waals surface area contributed by atoms with Gasteiger partial charge in [0.25, 0.3) is 10.0 Å². The highest BCUT2D eigenvalue weighted by Crippen LogP contribution is 2.29. The molecule has 5 nitrogen and oxygen atoms in total. The average Bonchev–Trinajstić information content (AvgIpc) is 2.71. The Labute approximate surface area is 192 Å². The molecule has 3 aromatic carbocycles. The zero-order chi connectivity index (χ0) is 22.8. The van der Waals surface area contributed by atoms with Crippen LogP contribution in [0.3, 0.4) is 0 Å². The summed E-state index contributed by atoms with van der Waals surface area (Å²) in [6, 6.07) is 16.7. The first-order chi connectivity index (χ1) is 14.6. The summed E-state index contributed by atoms with van der Waals surface area (Å²) in [5.41, 5.74) is 3.44. The molecule has 0 aliphatic rings. The molecule has 8 heteroatoms. The van der Waals surface area contributed by atoms with Gasteiger partial charge in [-0.05, 0) is 68.3 Å². The fourth-order valence-corrected chi connectivity index (χ4v) is 4.81. The molecule has 0 aliphatic carbocycles. The maximum absolute atomic E-state index is 13.5.